The lowest BCUT2D eigenvalue weighted by Crippen LogP contribution is -2.41. The van der Waals surface area contributed by atoms with E-state index in [1.54, 1.807) is 60.9 Å². The number of rotatable bonds is 7. The van der Waals surface area contributed by atoms with Crippen LogP contribution in [0.5, 0.6) is 5.75 Å². The van der Waals surface area contributed by atoms with Gasteiger partial charge in [0.2, 0.25) is 5.91 Å². The van der Waals surface area contributed by atoms with E-state index in [0.717, 1.165) is 11.1 Å². The van der Waals surface area contributed by atoms with E-state index in [1.165, 1.54) is 0 Å². The van der Waals surface area contributed by atoms with Gasteiger partial charge in [-0.1, -0.05) is 29.8 Å². The predicted molar refractivity (Wildman–Crippen MR) is 110 cm³/mol. The molecular weight excluding hydrogens is 390 g/mol. The second-order valence-corrected chi connectivity index (χ2v) is 6.74. The van der Waals surface area contributed by atoms with Crippen molar-refractivity contribution in [1.82, 2.24) is 15.8 Å². The van der Waals surface area contributed by atoms with E-state index < -0.39 is 0 Å². The normalized spacial score (nSPS) is 10.2. The molecule has 7 heteroatoms. The van der Waals surface area contributed by atoms with Gasteiger partial charge in [-0.15, -0.1) is 0 Å². The molecule has 0 unspecified atom stereocenters. The highest BCUT2D eigenvalue weighted by Gasteiger charge is 2.08. The average molecular weight is 410 g/mol. The topological polar surface area (TPSA) is 80.3 Å². The fraction of sp³-hybridized carbons (Fsp3) is 0.136. The largest absolute Gasteiger partial charge is 0.489 e. The molecule has 148 valence electrons. The summed E-state index contributed by atoms with van der Waals surface area (Å²) in [7, 11) is 0. The zero-order valence-electron chi connectivity index (χ0n) is 15.6. The third-order valence-corrected chi connectivity index (χ3v) is 4.37. The average Bonchev–Trinajstić information content (AvgIpc) is 2.76. The van der Waals surface area contributed by atoms with Gasteiger partial charge in [-0.2, -0.15) is 0 Å². The first-order valence-electron chi connectivity index (χ1n) is 9.05. The Morgan fingerprint density at radius 1 is 0.931 bits per heavy atom. The molecule has 0 radical (unpaired) electrons. The molecule has 0 spiro atoms. The highest BCUT2D eigenvalue weighted by molar-refractivity contribution is 6.30. The van der Waals surface area contributed by atoms with Gasteiger partial charge in [0.1, 0.15) is 12.4 Å². The minimum Gasteiger partial charge on any atom is -0.489 e. The van der Waals surface area contributed by atoms with Gasteiger partial charge in [-0.25, -0.2) is 0 Å². The van der Waals surface area contributed by atoms with Crippen molar-refractivity contribution in [1.29, 1.82) is 0 Å². The smallest absolute Gasteiger partial charge is 0.269 e. The molecule has 6 nitrogen and oxygen atoms in total. The van der Waals surface area contributed by atoms with Gasteiger partial charge in [0.05, 0.1) is 0 Å². The molecule has 2 amide bonds. The fourth-order valence-electron chi connectivity index (χ4n) is 2.51. The van der Waals surface area contributed by atoms with Crippen LogP contribution in [0.2, 0.25) is 5.02 Å². The van der Waals surface area contributed by atoms with Gasteiger partial charge in [0.15, 0.2) is 0 Å². The monoisotopic (exact) mass is 409 g/mol. The number of pyridine rings is 1. The number of carbonyl (C=O) groups is 2. The van der Waals surface area contributed by atoms with Crippen LogP contribution in [0.4, 0.5) is 0 Å². The van der Waals surface area contributed by atoms with Crippen LogP contribution in [0.15, 0.2) is 73.1 Å². The molecule has 0 aliphatic rings. The molecule has 0 fully saturated rings. The van der Waals surface area contributed by atoms with Crippen LogP contribution >= 0.6 is 11.6 Å². The summed E-state index contributed by atoms with van der Waals surface area (Å²) in [5.74, 6) is 0.0605. The molecule has 0 aliphatic heterocycles. The second-order valence-electron chi connectivity index (χ2n) is 6.30. The Bertz CT molecular complexity index is 945. The number of aryl methyl sites for hydroxylation is 1. The molecule has 2 N–H and O–H groups in total. The van der Waals surface area contributed by atoms with Crippen molar-refractivity contribution in [3.05, 3.63) is 94.8 Å². The predicted octanol–water partition coefficient (Wildman–Crippen LogP) is 3.71. The highest BCUT2D eigenvalue weighted by Crippen LogP contribution is 2.17. The maximum absolute atomic E-state index is 12.2. The van der Waals surface area contributed by atoms with E-state index in [0.29, 0.717) is 29.4 Å². The van der Waals surface area contributed by atoms with Gasteiger partial charge >= 0.3 is 0 Å². The van der Waals surface area contributed by atoms with E-state index >= 15 is 0 Å². The molecular formula is C22H20ClN3O3. The first-order chi connectivity index (χ1) is 14.1. The molecule has 29 heavy (non-hydrogen) atoms. The van der Waals surface area contributed by atoms with Gasteiger partial charge < -0.3 is 4.74 Å². The van der Waals surface area contributed by atoms with Gasteiger partial charge in [-0.3, -0.25) is 25.4 Å². The lowest BCUT2D eigenvalue weighted by atomic mass is 10.1. The molecule has 0 aliphatic carbocycles. The summed E-state index contributed by atoms with van der Waals surface area (Å²) in [5, 5.41) is 0.650. The summed E-state index contributed by atoms with van der Waals surface area (Å²) < 4.78 is 5.67. The zero-order valence-corrected chi connectivity index (χ0v) is 16.4. The molecule has 1 aromatic heterocycles. The molecule has 3 aromatic rings. The summed E-state index contributed by atoms with van der Waals surface area (Å²) in [6.45, 7) is 0.370. The molecule has 2 aromatic carbocycles. The van der Waals surface area contributed by atoms with Crippen molar-refractivity contribution in [3.63, 3.8) is 0 Å². The minimum atomic E-state index is -0.384. The van der Waals surface area contributed by atoms with Crippen LogP contribution in [0, 0.1) is 0 Å². The minimum absolute atomic E-state index is 0.257. The molecule has 0 saturated heterocycles. The first-order valence-corrected chi connectivity index (χ1v) is 9.43. The van der Waals surface area contributed by atoms with E-state index in [1.807, 2.05) is 12.1 Å². The summed E-state index contributed by atoms with van der Waals surface area (Å²) >= 11 is 5.84. The third-order valence-electron chi connectivity index (χ3n) is 4.11. The van der Waals surface area contributed by atoms with Crippen molar-refractivity contribution < 1.29 is 14.3 Å². The lowest BCUT2D eigenvalue weighted by molar-refractivity contribution is -0.121. The maximum Gasteiger partial charge on any atom is 0.269 e. The summed E-state index contributed by atoms with van der Waals surface area (Å²) in [6.07, 6.45) is 4.20. The zero-order chi connectivity index (χ0) is 20.5. The molecule has 1 heterocycles. The quantitative estimate of drug-likeness (QED) is 0.583. The number of ether oxygens (including phenoxy) is 1. The van der Waals surface area contributed by atoms with Crippen LogP contribution < -0.4 is 15.6 Å². The summed E-state index contributed by atoms with van der Waals surface area (Å²) in [5.41, 5.74) is 7.16. The van der Waals surface area contributed by atoms with Gasteiger partial charge in [0, 0.05) is 29.4 Å². The van der Waals surface area contributed by atoms with Crippen LogP contribution in [-0.4, -0.2) is 16.8 Å². The Hall–Kier alpha value is -3.38. The van der Waals surface area contributed by atoms with Crippen molar-refractivity contribution in [2.24, 2.45) is 0 Å². The number of hydrogen-bond acceptors (Lipinski definition) is 4. The van der Waals surface area contributed by atoms with E-state index in [4.69, 9.17) is 16.3 Å². The van der Waals surface area contributed by atoms with E-state index in [2.05, 4.69) is 15.8 Å². The number of nitrogens with one attached hydrogen (secondary N) is 2. The first kappa shape index (κ1) is 20.4. The van der Waals surface area contributed by atoms with Crippen molar-refractivity contribution in [2.45, 2.75) is 19.4 Å². The third kappa shape index (κ3) is 6.62. The van der Waals surface area contributed by atoms with Crippen LogP contribution in [-0.2, 0) is 17.8 Å². The van der Waals surface area contributed by atoms with E-state index in [-0.39, 0.29) is 18.2 Å². The number of aromatic nitrogens is 1. The number of amides is 2. The Morgan fingerprint density at radius 2 is 1.69 bits per heavy atom. The number of hydrazine groups is 1. The fourth-order valence-corrected chi connectivity index (χ4v) is 2.64. The highest BCUT2D eigenvalue weighted by atomic mass is 35.5. The number of benzene rings is 2. The van der Waals surface area contributed by atoms with Crippen LogP contribution in [0.3, 0.4) is 0 Å². The summed E-state index contributed by atoms with van der Waals surface area (Å²) in [4.78, 5) is 28.0. The molecule has 0 atom stereocenters. The lowest BCUT2D eigenvalue weighted by Gasteiger charge is -2.09. The standard InChI is InChI=1S/C22H20ClN3O3/c23-19-8-10-20(11-9-19)29-15-17-3-6-18(7-4-17)22(28)26-25-21(27)12-5-16-2-1-13-24-14-16/h1-4,6-11,13-14H,5,12,15H2,(H,25,27)(H,26,28). The summed E-state index contributed by atoms with van der Waals surface area (Å²) in [6, 6.07) is 17.8. The Balaban J connectivity index is 1.42. The Kier molecular flexibility index (Phi) is 7.19. The number of hydrogen-bond donors (Lipinski definition) is 2. The molecule has 3 rings (SSSR count). The SMILES string of the molecule is O=C(CCc1cccnc1)NNC(=O)c1ccc(COc2ccc(Cl)cc2)cc1. The van der Waals surface area contributed by atoms with Crippen molar-refractivity contribution in [3.8, 4) is 5.75 Å². The number of halogens is 1. The molecule has 0 bridgehead atoms. The van der Waals surface area contributed by atoms with Crippen molar-refractivity contribution in [2.75, 3.05) is 0 Å². The number of carbonyl (C=O) groups excluding carboxylic acids is 2. The second kappa shape index (κ2) is 10.2. The van der Waals surface area contributed by atoms with Crippen molar-refractivity contribution >= 4 is 23.4 Å². The Morgan fingerprint density at radius 3 is 2.38 bits per heavy atom. The maximum atomic E-state index is 12.2. The molecule has 0 saturated carbocycles. The number of nitrogens with zero attached hydrogens (tertiary/aromatic N) is 1. The van der Waals surface area contributed by atoms with Gasteiger partial charge in [0.25, 0.3) is 5.91 Å². The Labute approximate surface area is 173 Å². The van der Waals surface area contributed by atoms with E-state index in [9.17, 15) is 9.59 Å². The van der Waals surface area contributed by atoms with Crippen LogP contribution in [0.25, 0.3) is 0 Å². The van der Waals surface area contributed by atoms with Crippen LogP contribution in [0.1, 0.15) is 27.9 Å². The van der Waals surface area contributed by atoms with Gasteiger partial charge in [-0.05, 0) is 60.0 Å².